The third-order valence-electron chi connectivity index (χ3n) is 9.48. The zero-order chi connectivity index (χ0) is 32.2. The van der Waals surface area contributed by atoms with Crippen LogP contribution in [0.1, 0.15) is 102 Å². The molecular weight excluding hydrogens is 568 g/mol. The molecule has 45 heavy (non-hydrogen) atoms. The van der Waals surface area contributed by atoms with E-state index in [4.69, 9.17) is 9.47 Å². The number of Topliss-reactive ketones (excluding diaryl/α,β-unsaturated/α-hetero) is 1. The summed E-state index contributed by atoms with van der Waals surface area (Å²) < 4.78 is 11.2. The van der Waals surface area contributed by atoms with Gasteiger partial charge in [0, 0.05) is 50.2 Å². The van der Waals surface area contributed by atoms with Gasteiger partial charge in [-0.15, -0.1) is 0 Å². The van der Waals surface area contributed by atoms with Crippen molar-refractivity contribution in [2.24, 2.45) is 17.8 Å². The molecule has 8 heteroatoms. The van der Waals surface area contributed by atoms with Crippen molar-refractivity contribution in [2.75, 3.05) is 19.9 Å². The lowest BCUT2D eigenvalue weighted by Gasteiger charge is -2.33. The normalized spacial score (nSPS) is 17.0. The van der Waals surface area contributed by atoms with Gasteiger partial charge in [0.05, 0.1) is 5.92 Å². The number of ether oxygens (including phenoxy) is 2. The summed E-state index contributed by atoms with van der Waals surface area (Å²) in [7, 11) is 0. The number of piperidine rings is 1. The number of carbonyl (C=O) groups excluding carboxylic acids is 2. The van der Waals surface area contributed by atoms with Crippen molar-refractivity contribution in [3.63, 3.8) is 0 Å². The first-order valence-corrected chi connectivity index (χ1v) is 16.7. The number of pyridine rings is 1. The predicted octanol–water partition coefficient (Wildman–Crippen LogP) is 7.37. The molecule has 1 unspecified atom stereocenters. The molecule has 4 atom stereocenters. The first-order chi connectivity index (χ1) is 21.8. The summed E-state index contributed by atoms with van der Waals surface area (Å²) in [5.74, 6) is -0.764. The molecule has 2 aliphatic rings. The highest BCUT2D eigenvalue weighted by atomic mass is 16.7. The minimum Gasteiger partial charge on any atom is -0.481 e. The first-order valence-electron chi connectivity index (χ1n) is 16.7. The molecule has 1 aromatic carbocycles. The molecule has 0 bridgehead atoms. The molecule has 0 aliphatic carbocycles. The van der Waals surface area contributed by atoms with E-state index in [0.717, 1.165) is 74.6 Å². The van der Waals surface area contributed by atoms with Gasteiger partial charge in [0.2, 0.25) is 12.7 Å². The van der Waals surface area contributed by atoms with Gasteiger partial charge in [-0.2, -0.15) is 0 Å². The van der Waals surface area contributed by atoms with Crippen LogP contribution in [0.25, 0.3) is 0 Å². The van der Waals surface area contributed by atoms with Crippen LogP contribution in [0, 0.1) is 17.8 Å². The number of aromatic nitrogens is 1. The Labute approximate surface area is 268 Å². The van der Waals surface area contributed by atoms with Crippen LogP contribution in [-0.4, -0.2) is 52.5 Å². The number of likely N-dealkylation sites (tertiary alicyclic amines) is 1. The van der Waals surface area contributed by atoms with Gasteiger partial charge in [0.1, 0.15) is 5.78 Å². The minimum atomic E-state index is -0.886. The van der Waals surface area contributed by atoms with Gasteiger partial charge in [-0.1, -0.05) is 57.4 Å². The molecule has 3 heterocycles. The van der Waals surface area contributed by atoms with Crippen molar-refractivity contribution in [2.45, 2.75) is 96.8 Å². The maximum Gasteiger partial charge on any atom is 0.307 e. The van der Waals surface area contributed by atoms with Crippen LogP contribution >= 0.6 is 0 Å². The Morgan fingerprint density at radius 3 is 2.64 bits per heavy atom. The predicted molar refractivity (Wildman–Crippen MR) is 174 cm³/mol. The number of carboxylic acids is 1. The van der Waals surface area contributed by atoms with E-state index in [-0.39, 0.29) is 36.7 Å². The lowest BCUT2D eigenvalue weighted by Crippen LogP contribution is -2.38. The Balaban J connectivity index is 1.50. The molecule has 4 rings (SSSR count). The number of nitrogens with zero attached hydrogens (tertiary/aromatic N) is 2. The van der Waals surface area contributed by atoms with E-state index >= 15 is 0 Å². The molecule has 1 fully saturated rings. The van der Waals surface area contributed by atoms with Crippen LogP contribution in [0.5, 0.6) is 11.5 Å². The molecule has 8 nitrogen and oxygen atoms in total. The van der Waals surface area contributed by atoms with E-state index in [0.29, 0.717) is 37.3 Å². The highest BCUT2D eigenvalue weighted by molar-refractivity contribution is 5.83. The number of allylic oxidation sites excluding steroid dienone is 1. The average molecular weight is 619 g/mol. The standard InChI is InChI=1S/C37H50N2O6/c1-4-5-6-11-29(14-13-28-10-9-18-38-24-28)32(40)22-26(2)21-31(30-15-16-33-34(23-30)45-25-44-33)36(37(42)43)27(3)17-20-39-19-8-7-12-35(39)41/h9-10,15-16,18,23-24,27,29,31,36H,2,4-8,11-14,17,19-22,25H2,1,3H3,(H,42,43)/t27-,29?,31+,36-/m0/s1. The van der Waals surface area contributed by atoms with Gasteiger partial charge in [-0.3, -0.25) is 19.4 Å². The topological polar surface area (TPSA) is 106 Å². The van der Waals surface area contributed by atoms with Crippen molar-refractivity contribution in [3.05, 3.63) is 66.0 Å². The van der Waals surface area contributed by atoms with E-state index in [1.165, 1.54) is 0 Å². The van der Waals surface area contributed by atoms with Crippen molar-refractivity contribution in [1.29, 1.82) is 0 Å². The second kappa shape index (κ2) is 17.1. The third kappa shape index (κ3) is 9.90. The second-order valence-electron chi connectivity index (χ2n) is 12.9. The number of carboxylic acid groups (broad SMARTS) is 1. The number of hydrogen-bond donors (Lipinski definition) is 1. The van der Waals surface area contributed by atoms with Crippen LogP contribution in [0.15, 0.2) is 54.9 Å². The molecule has 244 valence electrons. The molecule has 2 aromatic rings. The maximum atomic E-state index is 13.7. The number of carbonyl (C=O) groups is 3. The van der Waals surface area contributed by atoms with Gasteiger partial charge >= 0.3 is 5.97 Å². The molecule has 0 spiro atoms. The molecule has 0 radical (unpaired) electrons. The number of fused-ring (bicyclic) bond motifs is 1. The SMILES string of the molecule is C=C(CC(=O)C(CCCCC)CCc1cccnc1)C[C@H](c1ccc2c(c1)OCO2)[C@@H](C(=O)O)[C@@H](C)CCN1CCCCC1=O. The van der Waals surface area contributed by atoms with Crippen LogP contribution in [0.2, 0.25) is 0 Å². The van der Waals surface area contributed by atoms with Gasteiger partial charge < -0.3 is 19.5 Å². The molecular formula is C37H50N2O6. The third-order valence-corrected chi connectivity index (χ3v) is 9.48. The number of aryl methyl sites for hydroxylation is 1. The van der Waals surface area contributed by atoms with Crippen LogP contribution < -0.4 is 9.47 Å². The first kappa shape index (κ1) is 34.2. The molecule has 0 saturated carbocycles. The summed E-state index contributed by atoms with van der Waals surface area (Å²) in [6.45, 7) is 9.86. The van der Waals surface area contributed by atoms with Crippen molar-refractivity contribution in [1.82, 2.24) is 9.88 Å². The molecule has 1 saturated heterocycles. The highest BCUT2D eigenvalue weighted by Crippen LogP contribution is 2.42. The lowest BCUT2D eigenvalue weighted by molar-refractivity contribution is -0.144. The Bertz CT molecular complexity index is 1300. The van der Waals surface area contributed by atoms with Crippen molar-refractivity contribution in [3.8, 4) is 11.5 Å². The summed E-state index contributed by atoms with van der Waals surface area (Å²) in [5, 5.41) is 10.6. The van der Waals surface area contributed by atoms with Gasteiger partial charge in [0.15, 0.2) is 11.5 Å². The summed E-state index contributed by atoms with van der Waals surface area (Å²) >= 11 is 0. The average Bonchev–Trinajstić information content (AvgIpc) is 3.50. The molecule has 1 amide bonds. The van der Waals surface area contributed by atoms with Crippen molar-refractivity contribution < 1.29 is 29.0 Å². The summed E-state index contributed by atoms with van der Waals surface area (Å²) in [6, 6.07) is 9.58. The van der Waals surface area contributed by atoms with E-state index in [9.17, 15) is 19.5 Å². The second-order valence-corrected chi connectivity index (χ2v) is 12.9. The zero-order valence-corrected chi connectivity index (χ0v) is 27.0. The quantitative estimate of drug-likeness (QED) is 0.129. The van der Waals surface area contributed by atoms with Gasteiger partial charge in [0.25, 0.3) is 0 Å². The Morgan fingerprint density at radius 2 is 1.91 bits per heavy atom. The van der Waals surface area contributed by atoms with E-state index in [1.807, 2.05) is 48.4 Å². The number of rotatable bonds is 19. The number of ketones is 1. The van der Waals surface area contributed by atoms with Gasteiger partial charge in [-0.25, -0.2) is 0 Å². The number of benzene rings is 1. The molecule has 1 aromatic heterocycles. The Kier molecular flexibility index (Phi) is 13.0. The lowest BCUT2D eigenvalue weighted by atomic mass is 9.73. The summed E-state index contributed by atoms with van der Waals surface area (Å²) in [6.07, 6.45) is 12.8. The van der Waals surface area contributed by atoms with Crippen LogP contribution in [0.4, 0.5) is 0 Å². The fraction of sp³-hybridized carbons (Fsp3) is 0.568. The smallest absolute Gasteiger partial charge is 0.307 e. The van der Waals surface area contributed by atoms with E-state index in [1.54, 1.807) is 6.20 Å². The zero-order valence-electron chi connectivity index (χ0n) is 27.0. The highest BCUT2D eigenvalue weighted by Gasteiger charge is 2.36. The minimum absolute atomic E-state index is 0.0752. The summed E-state index contributed by atoms with van der Waals surface area (Å²) in [4.78, 5) is 45.2. The fourth-order valence-electron chi connectivity index (χ4n) is 6.81. The van der Waals surface area contributed by atoms with E-state index < -0.39 is 17.8 Å². The number of aliphatic carboxylic acids is 1. The number of amides is 1. The maximum absolute atomic E-state index is 13.7. The fourth-order valence-corrected chi connectivity index (χ4v) is 6.81. The molecule has 2 aliphatic heterocycles. The van der Waals surface area contributed by atoms with Crippen molar-refractivity contribution >= 4 is 17.7 Å². The molecule has 1 N–H and O–H groups in total. The number of hydrogen-bond acceptors (Lipinski definition) is 6. The van der Waals surface area contributed by atoms with Crippen LogP contribution in [0.3, 0.4) is 0 Å². The largest absolute Gasteiger partial charge is 0.481 e. The number of unbranched alkanes of at least 4 members (excludes halogenated alkanes) is 2. The van der Waals surface area contributed by atoms with Gasteiger partial charge in [-0.05, 0) is 80.2 Å². The monoisotopic (exact) mass is 618 g/mol. The Hall–Kier alpha value is -3.68. The van der Waals surface area contributed by atoms with Crippen LogP contribution in [-0.2, 0) is 20.8 Å². The summed E-state index contributed by atoms with van der Waals surface area (Å²) in [5.41, 5.74) is 2.70. The Morgan fingerprint density at radius 1 is 1.09 bits per heavy atom. The van der Waals surface area contributed by atoms with E-state index in [2.05, 4.69) is 18.5 Å².